The van der Waals surface area contributed by atoms with Crippen LogP contribution in [0.15, 0.2) is 261 Å². The molecule has 0 spiro atoms. The lowest BCUT2D eigenvalue weighted by Gasteiger charge is -2.26. The van der Waals surface area contributed by atoms with Crippen LogP contribution in [0.3, 0.4) is 0 Å². The number of fused-ring (bicyclic) bond motifs is 3. The maximum absolute atomic E-state index is 2.40. The zero-order chi connectivity index (χ0) is 42.0. The van der Waals surface area contributed by atoms with Crippen LogP contribution in [0, 0.1) is 0 Å². The summed E-state index contributed by atoms with van der Waals surface area (Å²) < 4.78 is 0. The van der Waals surface area contributed by atoms with Crippen LogP contribution in [0.4, 0.5) is 17.1 Å². The Morgan fingerprint density at radius 2 is 0.556 bits per heavy atom. The van der Waals surface area contributed by atoms with Crippen molar-refractivity contribution in [1.82, 2.24) is 0 Å². The van der Waals surface area contributed by atoms with Crippen molar-refractivity contribution in [2.24, 2.45) is 0 Å². The van der Waals surface area contributed by atoms with Crippen LogP contribution < -0.4 is 4.90 Å². The SMILES string of the molecule is c1ccc(-c2ccc(-c3ccc(N(c4ccccc4)c4ccc(-c5ccc6c(c5)c(-c5ccccc5)c(-c5ccccc5)c5ccccc56)cc4)cc3)c(-c3ccccc3)c2)cc1. The Bertz CT molecular complexity index is 3320. The maximum Gasteiger partial charge on any atom is 0.0462 e. The molecular weight excluding hydrogens is 759 g/mol. The summed E-state index contributed by atoms with van der Waals surface area (Å²) in [6.45, 7) is 0. The number of hydrogen-bond acceptors (Lipinski definition) is 1. The van der Waals surface area contributed by atoms with E-state index in [1.165, 1.54) is 88.3 Å². The molecule has 11 aromatic carbocycles. The lowest BCUT2D eigenvalue weighted by Crippen LogP contribution is -2.09. The molecule has 1 heteroatoms. The summed E-state index contributed by atoms with van der Waals surface area (Å²) in [5, 5.41) is 5.03. The molecule has 0 saturated heterocycles. The number of rotatable bonds is 9. The van der Waals surface area contributed by atoms with Crippen molar-refractivity contribution in [2.45, 2.75) is 0 Å². The highest BCUT2D eigenvalue weighted by Gasteiger charge is 2.19. The molecule has 0 aliphatic carbocycles. The van der Waals surface area contributed by atoms with Crippen LogP contribution in [-0.4, -0.2) is 0 Å². The minimum atomic E-state index is 1.10. The molecule has 11 rings (SSSR count). The van der Waals surface area contributed by atoms with Gasteiger partial charge in [0.25, 0.3) is 0 Å². The number of anilines is 3. The van der Waals surface area contributed by atoms with E-state index in [9.17, 15) is 0 Å². The summed E-state index contributed by atoms with van der Waals surface area (Å²) in [7, 11) is 0. The van der Waals surface area contributed by atoms with Gasteiger partial charge in [0.15, 0.2) is 0 Å². The minimum absolute atomic E-state index is 1.10. The number of hydrogen-bond donors (Lipinski definition) is 0. The van der Waals surface area contributed by atoms with Crippen molar-refractivity contribution in [3.05, 3.63) is 261 Å². The predicted octanol–water partition coefficient (Wildman–Crippen LogP) is 17.5. The third-order valence-corrected chi connectivity index (χ3v) is 12.3. The van der Waals surface area contributed by atoms with Gasteiger partial charge in [0.1, 0.15) is 0 Å². The van der Waals surface area contributed by atoms with E-state index in [2.05, 4.69) is 266 Å². The van der Waals surface area contributed by atoms with E-state index in [-0.39, 0.29) is 0 Å². The summed E-state index contributed by atoms with van der Waals surface area (Å²) in [5.74, 6) is 0. The molecule has 0 N–H and O–H groups in total. The second-order valence-electron chi connectivity index (χ2n) is 16.0. The van der Waals surface area contributed by atoms with Crippen molar-refractivity contribution < 1.29 is 0 Å². The molecule has 63 heavy (non-hydrogen) atoms. The monoisotopic (exact) mass is 801 g/mol. The molecule has 0 heterocycles. The van der Waals surface area contributed by atoms with Gasteiger partial charge in [-0.15, -0.1) is 0 Å². The highest BCUT2D eigenvalue weighted by atomic mass is 15.1. The first-order valence-electron chi connectivity index (χ1n) is 21.7. The second-order valence-corrected chi connectivity index (χ2v) is 16.0. The van der Waals surface area contributed by atoms with Gasteiger partial charge in [0.05, 0.1) is 0 Å². The average molecular weight is 802 g/mol. The molecule has 0 atom stereocenters. The van der Waals surface area contributed by atoms with Crippen molar-refractivity contribution in [3.63, 3.8) is 0 Å². The molecule has 0 radical (unpaired) electrons. The standard InChI is InChI=1S/C62H43N/c1-6-18-44(19-7-1)50-34-40-55(59(42-50)46-20-8-2-9-21-46)47-32-38-54(39-33-47)63(52-26-14-5-15-27-52)53-36-30-45(31-37-53)51-35-41-57-56-28-16-17-29-58(56)61(48-22-10-3-11-23-48)62(60(57)43-51)49-24-12-4-13-25-49/h1-43H. The molecule has 0 saturated carbocycles. The van der Waals surface area contributed by atoms with E-state index in [4.69, 9.17) is 0 Å². The van der Waals surface area contributed by atoms with Gasteiger partial charge in [-0.05, 0) is 137 Å². The quantitative estimate of drug-likeness (QED) is 0.131. The van der Waals surface area contributed by atoms with Crippen LogP contribution in [0.1, 0.15) is 0 Å². The number of nitrogens with zero attached hydrogens (tertiary/aromatic N) is 1. The fourth-order valence-electron chi connectivity index (χ4n) is 9.26. The Balaban J connectivity index is 0.989. The third kappa shape index (κ3) is 7.26. The molecule has 296 valence electrons. The summed E-state index contributed by atoms with van der Waals surface area (Å²) in [4.78, 5) is 2.34. The molecule has 11 aromatic rings. The molecule has 0 amide bonds. The Morgan fingerprint density at radius 1 is 0.190 bits per heavy atom. The Kier molecular flexibility index (Phi) is 9.97. The Hall–Kier alpha value is -8.26. The van der Waals surface area contributed by atoms with E-state index in [1.54, 1.807) is 0 Å². The zero-order valence-corrected chi connectivity index (χ0v) is 34.8. The van der Waals surface area contributed by atoms with Crippen molar-refractivity contribution in [2.75, 3.05) is 4.90 Å². The van der Waals surface area contributed by atoms with Crippen LogP contribution in [-0.2, 0) is 0 Å². The average Bonchev–Trinajstić information content (AvgIpc) is 3.37. The van der Waals surface area contributed by atoms with Crippen LogP contribution in [0.25, 0.3) is 88.3 Å². The predicted molar refractivity (Wildman–Crippen MR) is 269 cm³/mol. The number of para-hydroxylation sites is 1. The third-order valence-electron chi connectivity index (χ3n) is 12.3. The van der Waals surface area contributed by atoms with E-state index < -0.39 is 0 Å². The normalized spacial score (nSPS) is 11.2. The highest BCUT2D eigenvalue weighted by Crippen LogP contribution is 2.46. The fourth-order valence-corrected chi connectivity index (χ4v) is 9.26. The van der Waals surface area contributed by atoms with Crippen molar-refractivity contribution in [1.29, 1.82) is 0 Å². The van der Waals surface area contributed by atoms with Gasteiger partial charge in [-0.25, -0.2) is 0 Å². The van der Waals surface area contributed by atoms with Crippen molar-refractivity contribution in [3.8, 4) is 66.8 Å². The first kappa shape index (κ1) is 37.7. The lowest BCUT2D eigenvalue weighted by atomic mass is 9.84. The largest absolute Gasteiger partial charge is 0.311 e. The molecule has 0 aliphatic heterocycles. The summed E-state index contributed by atoms with van der Waals surface area (Å²) in [5.41, 5.74) is 17.8. The molecule has 0 bridgehead atoms. The van der Waals surface area contributed by atoms with Crippen molar-refractivity contribution >= 4 is 38.6 Å². The Labute approximate surface area is 369 Å². The molecule has 0 fully saturated rings. The van der Waals surface area contributed by atoms with Gasteiger partial charge in [-0.3, -0.25) is 0 Å². The zero-order valence-electron chi connectivity index (χ0n) is 34.8. The minimum Gasteiger partial charge on any atom is -0.311 e. The first-order chi connectivity index (χ1) is 31.3. The molecular formula is C62H43N. The first-order valence-corrected chi connectivity index (χ1v) is 21.7. The smallest absolute Gasteiger partial charge is 0.0462 e. The van der Waals surface area contributed by atoms with Crippen LogP contribution >= 0.6 is 0 Å². The topological polar surface area (TPSA) is 3.24 Å². The Morgan fingerprint density at radius 3 is 1.14 bits per heavy atom. The summed E-state index contributed by atoms with van der Waals surface area (Å²) in [6, 6.07) is 94.5. The van der Waals surface area contributed by atoms with Gasteiger partial charge < -0.3 is 4.90 Å². The van der Waals surface area contributed by atoms with Gasteiger partial charge in [0, 0.05) is 17.1 Å². The molecule has 0 aliphatic rings. The molecule has 1 nitrogen and oxygen atoms in total. The van der Waals surface area contributed by atoms with Gasteiger partial charge in [-0.2, -0.15) is 0 Å². The molecule has 0 aromatic heterocycles. The second kappa shape index (κ2) is 16.7. The fraction of sp³-hybridized carbons (Fsp3) is 0. The summed E-state index contributed by atoms with van der Waals surface area (Å²) >= 11 is 0. The van der Waals surface area contributed by atoms with Gasteiger partial charge >= 0.3 is 0 Å². The molecule has 0 unspecified atom stereocenters. The van der Waals surface area contributed by atoms with E-state index >= 15 is 0 Å². The number of benzene rings is 11. The van der Waals surface area contributed by atoms with E-state index in [1.807, 2.05) is 0 Å². The van der Waals surface area contributed by atoms with Crippen LogP contribution in [0.2, 0.25) is 0 Å². The van der Waals surface area contributed by atoms with Crippen LogP contribution in [0.5, 0.6) is 0 Å². The van der Waals surface area contributed by atoms with Gasteiger partial charge in [-0.1, -0.05) is 212 Å². The van der Waals surface area contributed by atoms with Gasteiger partial charge in [0.2, 0.25) is 0 Å². The summed E-state index contributed by atoms with van der Waals surface area (Å²) in [6.07, 6.45) is 0. The highest BCUT2D eigenvalue weighted by molar-refractivity contribution is 6.22. The lowest BCUT2D eigenvalue weighted by molar-refractivity contribution is 1.28. The van der Waals surface area contributed by atoms with E-state index in [0.29, 0.717) is 0 Å². The van der Waals surface area contributed by atoms with E-state index in [0.717, 1.165) is 17.1 Å². The maximum atomic E-state index is 2.40.